The van der Waals surface area contributed by atoms with Gasteiger partial charge >= 0.3 is 6.09 Å². The van der Waals surface area contributed by atoms with E-state index < -0.39 is 31.1 Å². The lowest BCUT2D eigenvalue weighted by Gasteiger charge is -2.15. The van der Waals surface area contributed by atoms with Gasteiger partial charge in [-0.05, 0) is 0 Å². The third-order valence-corrected chi connectivity index (χ3v) is 1.78. The maximum absolute atomic E-state index is 11.9. The summed E-state index contributed by atoms with van der Waals surface area (Å²) in [7, 11) is 0. The minimum absolute atomic E-state index is 0.0657. The predicted molar refractivity (Wildman–Crippen MR) is 46.0 cm³/mol. The molecule has 8 nitrogen and oxygen atoms in total. The second-order valence-electron chi connectivity index (χ2n) is 2.83. The molecular weight excluding hydrogens is 225 g/mol. The van der Waals surface area contributed by atoms with Gasteiger partial charge in [-0.2, -0.15) is 5.01 Å². The molecule has 1 rings (SSSR count). The minimum Gasteiger partial charge on any atom is -0.309 e. The molecule has 0 spiro atoms. The molecule has 88 valence electrons. The van der Waals surface area contributed by atoms with E-state index in [1.807, 2.05) is 0 Å². The zero-order valence-electron chi connectivity index (χ0n) is 8.09. The van der Waals surface area contributed by atoms with Crippen molar-refractivity contribution in [2.45, 2.75) is 12.8 Å². The number of hydrogen-bond acceptors (Lipinski definition) is 6. The molecule has 16 heavy (non-hydrogen) atoms. The Bertz CT molecular complexity index is 318. The van der Waals surface area contributed by atoms with Crippen LogP contribution in [-0.4, -0.2) is 41.2 Å². The summed E-state index contributed by atoms with van der Waals surface area (Å²) in [5.41, 5.74) is 0. The standard InChI is InChI=1S/C7H8FN3O5/c8-3-4-10(9-15)7(14)16-11-5(12)1-2-6(11)13/h1-4H2. The van der Waals surface area contributed by atoms with E-state index in [9.17, 15) is 23.7 Å². The molecule has 1 saturated heterocycles. The monoisotopic (exact) mass is 233 g/mol. The Hall–Kier alpha value is -2.06. The third kappa shape index (κ3) is 2.49. The molecule has 0 N–H and O–H groups in total. The first-order valence-electron chi connectivity index (χ1n) is 4.34. The number of imide groups is 1. The van der Waals surface area contributed by atoms with Gasteiger partial charge in [0.15, 0.2) is 0 Å². The van der Waals surface area contributed by atoms with E-state index in [4.69, 9.17) is 0 Å². The molecule has 0 unspecified atom stereocenters. The molecule has 0 aromatic heterocycles. The highest BCUT2D eigenvalue weighted by Gasteiger charge is 2.34. The smallest absolute Gasteiger partial charge is 0.309 e. The van der Waals surface area contributed by atoms with Crippen LogP contribution in [0.4, 0.5) is 9.18 Å². The van der Waals surface area contributed by atoms with Crippen molar-refractivity contribution in [3.63, 3.8) is 0 Å². The van der Waals surface area contributed by atoms with Crippen LogP contribution in [0.15, 0.2) is 5.29 Å². The molecular formula is C7H8FN3O5. The van der Waals surface area contributed by atoms with Gasteiger partial charge in [0.05, 0.1) is 11.8 Å². The fourth-order valence-corrected chi connectivity index (χ4v) is 1.03. The average molecular weight is 233 g/mol. The van der Waals surface area contributed by atoms with Crippen molar-refractivity contribution in [3.8, 4) is 0 Å². The van der Waals surface area contributed by atoms with Crippen LogP contribution in [0.1, 0.15) is 12.8 Å². The number of rotatable bonds is 4. The Kier molecular flexibility index (Phi) is 3.86. The first-order chi connectivity index (χ1) is 7.60. The lowest BCUT2D eigenvalue weighted by molar-refractivity contribution is -0.173. The van der Waals surface area contributed by atoms with Crippen molar-refractivity contribution in [2.75, 3.05) is 13.2 Å². The maximum Gasteiger partial charge on any atom is 0.458 e. The molecule has 9 heteroatoms. The van der Waals surface area contributed by atoms with Gasteiger partial charge < -0.3 is 4.84 Å². The zero-order valence-corrected chi connectivity index (χ0v) is 8.09. The minimum atomic E-state index is -1.36. The highest BCUT2D eigenvalue weighted by Crippen LogP contribution is 2.13. The highest BCUT2D eigenvalue weighted by atomic mass is 19.1. The second-order valence-corrected chi connectivity index (χ2v) is 2.83. The summed E-state index contributed by atoms with van der Waals surface area (Å²) in [4.78, 5) is 47.5. The molecule has 1 aliphatic rings. The summed E-state index contributed by atoms with van der Waals surface area (Å²) in [6.45, 7) is -1.60. The summed E-state index contributed by atoms with van der Waals surface area (Å²) >= 11 is 0. The Labute approximate surface area is 88.8 Å². The van der Waals surface area contributed by atoms with Crippen LogP contribution in [0.5, 0.6) is 0 Å². The summed E-state index contributed by atoms with van der Waals surface area (Å²) in [5, 5.41) is 2.58. The Morgan fingerprint density at radius 2 is 2.00 bits per heavy atom. The Balaban J connectivity index is 2.58. The zero-order chi connectivity index (χ0) is 12.1. The molecule has 0 bridgehead atoms. The number of nitroso groups, excluding NO2 is 1. The molecule has 1 fully saturated rings. The molecule has 0 aliphatic carbocycles. The quantitative estimate of drug-likeness (QED) is 0.391. The van der Waals surface area contributed by atoms with Gasteiger partial charge in [-0.3, -0.25) is 9.59 Å². The van der Waals surface area contributed by atoms with E-state index in [-0.39, 0.29) is 22.9 Å². The first kappa shape index (κ1) is 12.0. The predicted octanol–water partition coefficient (Wildman–Crippen LogP) is 0.140. The van der Waals surface area contributed by atoms with Crippen LogP contribution in [0, 0.1) is 4.91 Å². The Morgan fingerprint density at radius 1 is 1.44 bits per heavy atom. The topological polar surface area (TPSA) is 96.3 Å². The van der Waals surface area contributed by atoms with Gasteiger partial charge in [0.2, 0.25) is 0 Å². The molecule has 1 aliphatic heterocycles. The number of halogens is 1. The van der Waals surface area contributed by atoms with E-state index in [2.05, 4.69) is 10.1 Å². The lowest BCUT2D eigenvalue weighted by atomic mass is 10.4. The molecule has 0 aromatic rings. The molecule has 0 radical (unpaired) electrons. The largest absolute Gasteiger partial charge is 0.458 e. The average Bonchev–Trinajstić information content (AvgIpc) is 2.57. The van der Waals surface area contributed by atoms with Crippen molar-refractivity contribution in [1.82, 2.24) is 10.1 Å². The number of amides is 3. The summed E-state index contributed by atoms with van der Waals surface area (Å²) in [5.74, 6) is -1.38. The number of hydrogen-bond donors (Lipinski definition) is 0. The fraction of sp³-hybridized carbons (Fsp3) is 0.571. The van der Waals surface area contributed by atoms with Crippen LogP contribution in [0.2, 0.25) is 0 Å². The fourth-order valence-electron chi connectivity index (χ4n) is 1.03. The van der Waals surface area contributed by atoms with Crippen LogP contribution < -0.4 is 0 Å². The Morgan fingerprint density at radius 3 is 2.44 bits per heavy atom. The van der Waals surface area contributed by atoms with E-state index in [1.165, 1.54) is 0 Å². The molecule has 0 saturated carbocycles. The number of nitrogens with zero attached hydrogens (tertiary/aromatic N) is 3. The van der Waals surface area contributed by atoms with E-state index in [0.717, 1.165) is 0 Å². The normalized spacial score (nSPS) is 15.2. The van der Waals surface area contributed by atoms with Crippen LogP contribution >= 0.6 is 0 Å². The van der Waals surface area contributed by atoms with Crippen molar-refractivity contribution in [3.05, 3.63) is 4.91 Å². The molecule has 0 aromatic carbocycles. The van der Waals surface area contributed by atoms with Crippen LogP contribution in [0.25, 0.3) is 0 Å². The van der Waals surface area contributed by atoms with E-state index >= 15 is 0 Å². The SMILES string of the molecule is O=NN(CCF)C(=O)ON1C(=O)CCC1=O. The number of hydroxylamine groups is 2. The van der Waals surface area contributed by atoms with Crippen molar-refractivity contribution < 1.29 is 23.6 Å². The van der Waals surface area contributed by atoms with E-state index in [0.29, 0.717) is 0 Å². The number of carbonyl (C=O) groups excluding carboxylic acids is 3. The van der Waals surface area contributed by atoms with Gasteiger partial charge in [-0.25, -0.2) is 9.18 Å². The van der Waals surface area contributed by atoms with Crippen molar-refractivity contribution in [2.24, 2.45) is 5.29 Å². The summed E-state index contributed by atoms with van der Waals surface area (Å²) < 4.78 is 11.9. The van der Waals surface area contributed by atoms with Gasteiger partial charge in [0, 0.05) is 12.8 Å². The number of alkyl halides is 1. The molecule has 3 amide bonds. The molecule has 0 atom stereocenters. The van der Waals surface area contributed by atoms with Gasteiger partial charge in [-0.15, -0.1) is 9.97 Å². The second kappa shape index (κ2) is 5.14. The lowest BCUT2D eigenvalue weighted by Crippen LogP contribution is -2.38. The van der Waals surface area contributed by atoms with Crippen molar-refractivity contribution >= 4 is 17.9 Å². The van der Waals surface area contributed by atoms with Gasteiger partial charge in [-0.1, -0.05) is 0 Å². The third-order valence-electron chi connectivity index (χ3n) is 1.78. The van der Waals surface area contributed by atoms with Crippen LogP contribution in [0.3, 0.4) is 0 Å². The summed E-state index contributed by atoms with van der Waals surface area (Å²) in [6, 6.07) is 0. The maximum atomic E-state index is 11.9. The van der Waals surface area contributed by atoms with Gasteiger partial charge in [0.1, 0.15) is 6.67 Å². The van der Waals surface area contributed by atoms with Crippen LogP contribution in [-0.2, 0) is 14.4 Å². The summed E-state index contributed by atoms with van der Waals surface area (Å²) in [6.07, 6.45) is -1.50. The highest BCUT2D eigenvalue weighted by molar-refractivity contribution is 6.01. The van der Waals surface area contributed by atoms with E-state index in [1.54, 1.807) is 0 Å². The number of carbonyl (C=O) groups is 3. The first-order valence-corrected chi connectivity index (χ1v) is 4.34. The van der Waals surface area contributed by atoms with Crippen molar-refractivity contribution in [1.29, 1.82) is 0 Å². The van der Waals surface area contributed by atoms with Gasteiger partial charge in [0.25, 0.3) is 11.8 Å². The molecule has 1 heterocycles.